The second kappa shape index (κ2) is 7.26. The lowest BCUT2D eigenvalue weighted by Crippen LogP contribution is -2.46. The zero-order valence-electron chi connectivity index (χ0n) is 14.2. The van der Waals surface area contributed by atoms with E-state index in [0.29, 0.717) is 16.5 Å². The summed E-state index contributed by atoms with van der Waals surface area (Å²) < 4.78 is 1.54. The van der Waals surface area contributed by atoms with Crippen LogP contribution in [0.4, 0.5) is 11.4 Å². The largest absolute Gasteiger partial charge is 0.368 e. The van der Waals surface area contributed by atoms with Crippen molar-refractivity contribution >= 4 is 39.3 Å². The van der Waals surface area contributed by atoms with Gasteiger partial charge in [0, 0.05) is 62.5 Å². The van der Waals surface area contributed by atoms with Gasteiger partial charge < -0.3 is 4.90 Å². The molecule has 0 atom stereocenters. The van der Waals surface area contributed by atoms with Crippen LogP contribution in [-0.2, 0) is 6.54 Å². The maximum Gasteiger partial charge on any atom is 0.271 e. The van der Waals surface area contributed by atoms with E-state index in [1.54, 1.807) is 22.7 Å². The lowest BCUT2D eigenvalue weighted by Gasteiger charge is -2.36. The molecule has 27 heavy (non-hydrogen) atoms. The van der Waals surface area contributed by atoms with E-state index in [4.69, 9.17) is 11.6 Å². The summed E-state index contributed by atoms with van der Waals surface area (Å²) in [6.45, 7) is 3.69. The van der Waals surface area contributed by atoms with Gasteiger partial charge in [-0.25, -0.2) is 4.98 Å². The second-order valence-corrected chi connectivity index (χ2v) is 7.58. The first kappa shape index (κ1) is 17.9. The van der Waals surface area contributed by atoms with Gasteiger partial charge in [0.25, 0.3) is 11.2 Å². The highest BCUT2D eigenvalue weighted by atomic mass is 35.5. The molecule has 10 heteroatoms. The van der Waals surface area contributed by atoms with E-state index in [-0.39, 0.29) is 11.2 Å². The fourth-order valence-corrected chi connectivity index (χ4v) is 4.24. The molecule has 1 aliphatic rings. The quantitative estimate of drug-likeness (QED) is 0.490. The lowest BCUT2D eigenvalue weighted by atomic mass is 10.2. The van der Waals surface area contributed by atoms with Gasteiger partial charge in [-0.2, -0.15) is 0 Å². The van der Waals surface area contributed by atoms with Gasteiger partial charge in [0.1, 0.15) is 0 Å². The Morgan fingerprint density at radius 1 is 1.22 bits per heavy atom. The van der Waals surface area contributed by atoms with Crippen LogP contribution in [0.25, 0.3) is 4.96 Å². The topological polar surface area (TPSA) is 84.0 Å². The number of hydrogen-bond acceptors (Lipinski definition) is 7. The van der Waals surface area contributed by atoms with Crippen LogP contribution in [0, 0.1) is 10.1 Å². The summed E-state index contributed by atoms with van der Waals surface area (Å²) in [5, 5.41) is 13.1. The summed E-state index contributed by atoms with van der Waals surface area (Å²) in [4.78, 5) is 32.1. The molecule has 0 N–H and O–H groups in total. The molecule has 0 unspecified atom stereocenters. The van der Waals surface area contributed by atoms with Crippen molar-refractivity contribution < 1.29 is 4.92 Å². The summed E-state index contributed by atoms with van der Waals surface area (Å²) in [7, 11) is 0. The molecule has 1 aromatic carbocycles. The number of halogens is 1. The monoisotopic (exact) mass is 405 g/mol. The van der Waals surface area contributed by atoms with Gasteiger partial charge in [0.15, 0.2) is 4.96 Å². The number of aromatic nitrogens is 2. The molecule has 1 saturated heterocycles. The molecule has 140 valence electrons. The summed E-state index contributed by atoms with van der Waals surface area (Å²) in [5.74, 6) is 0. The van der Waals surface area contributed by atoms with Crippen LogP contribution < -0.4 is 10.5 Å². The van der Waals surface area contributed by atoms with E-state index < -0.39 is 4.92 Å². The van der Waals surface area contributed by atoms with Crippen molar-refractivity contribution in [2.75, 3.05) is 31.1 Å². The minimum Gasteiger partial charge on any atom is -0.368 e. The third kappa shape index (κ3) is 3.66. The average Bonchev–Trinajstić information content (AvgIpc) is 3.11. The molecular weight excluding hydrogens is 390 g/mol. The number of hydrogen-bond donors (Lipinski definition) is 0. The zero-order chi connectivity index (χ0) is 19.0. The number of fused-ring (bicyclic) bond motifs is 1. The maximum absolute atomic E-state index is 12.1. The van der Waals surface area contributed by atoms with Crippen molar-refractivity contribution in [3.05, 3.63) is 67.0 Å². The number of non-ortho nitro benzene ring substituents is 1. The summed E-state index contributed by atoms with van der Waals surface area (Å²) >= 11 is 7.67. The highest BCUT2D eigenvalue weighted by molar-refractivity contribution is 7.15. The number of nitro benzene ring substituents is 1. The van der Waals surface area contributed by atoms with Crippen LogP contribution in [0.15, 0.2) is 40.6 Å². The number of anilines is 1. The Kier molecular flexibility index (Phi) is 4.81. The van der Waals surface area contributed by atoms with Crippen molar-refractivity contribution in [2.24, 2.45) is 0 Å². The van der Waals surface area contributed by atoms with Crippen LogP contribution in [-0.4, -0.2) is 45.4 Å². The summed E-state index contributed by atoms with van der Waals surface area (Å²) in [5.41, 5.74) is 1.50. The van der Waals surface area contributed by atoms with E-state index in [0.717, 1.165) is 37.6 Å². The molecule has 0 amide bonds. The normalized spacial score (nSPS) is 15.4. The van der Waals surface area contributed by atoms with Gasteiger partial charge in [-0.15, -0.1) is 11.3 Å². The first-order chi connectivity index (χ1) is 13.0. The molecule has 0 saturated carbocycles. The van der Waals surface area contributed by atoms with Crippen LogP contribution in [0.1, 0.15) is 5.69 Å². The Bertz CT molecular complexity index is 1060. The van der Waals surface area contributed by atoms with Gasteiger partial charge in [-0.3, -0.25) is 24.2 Å². The SMILES string of the molecule is O=c1cc(CN2CCN(c3ccc([N+](=O)[O-])cc3Cl)CC2)nc2sccn12. The Morgan fingerprint density at radius 3 is 2.70 bits per heavy atom. The van der Waals surface area contributed by atoms with Crippen LogP contribution >= 0.6 is 22.9 Å². The molecule has 0 aliphatic carbocycles. The van der Waals surface area contributed by atoms with E-state index in [1.165, 1.54) is 23.5 Å². The summed E-state index contributed by atoms with van der Waals surface area (Å²) in [6, 6.07) is 6.14. The number of rotatable bonds is 4. The van der Waals surface area contributed by atoms with Gasteiger partial charge in [0.2, 0.25) is 0 Å². The Hall–Kier alpha value is -2.49. The van der Waals surface area contributed by atoms with Crippen molar-refractivity contribution in [1.82, 2.24) is 14.3 Å². The molecule has 8 nitrogen and oxygen atoms in total. The van der Waals surface area contributed by atoms with Gasteiger partial charge in [-0.05, 0) is 6.07 Å². The minimum atomic E-state index is -0.451. The maximum atomic E-state index is 12.1. The number of thiazole rings is 1. The molecule has 0 bridgehead atoms. The number of benzene rings is 1. The number of nitro groups is 1. The molecule has 2 aromatic heterocycles. The van der Waals surface area contributed by atoms with Crippen molar-refractivity contribution in [2.45, 2.75) is 6.54 Å². The third-order valence-corrected chi connectivity index (χ3v) is 5.66. The molecular formula is C17H16ClN5O3S. The first-order valence-corrected chi connectivity index (χ1v) is 9.64. The van der Waals surface area contributed by atoms with Crippen molar-refractivity contribution in [3.8, 4) is 0 Å². The fourth-order valence-electron chi connectivity index (χ4n) is 3.21. The Balaban J connectivity index is 1.42. The van der Waals surface area contributed by atoms with Gasteiger partial charge in [-0.1, -0.05) is 11.6 Å². The van der Waals surface area contributed by atoms with E-state index in [2.05, 4.69) is 14.8 Å². The predicted octanol–water partition coefficient (Wildman–Crippen LogP) is 2.64. The molecule has 3 aromatic rings. The highest BCUT2D eigenvalue weighted by Gasteiger charge is 2.21. The molecule has 0 radical (unpaired) electrons. The molecule has 1 fully saturated rings. The van der Waals surface area contributed by atoms with Gasteiger partial charge >= 0.3 is 0 Å². The fraction of sp³-hybridized carbons (Fsp3) is 0.294. The molecule has 3 heterocycles. The molecule has 4 rings (SSSR count). The highest BCUT2D eigenvalue weighted by Crippen LogP contribution is 2.30. The predicted molar refractivity (Wildman–Crippen MR) is 105 cm³/mol. The molecule has 1 aliphatic heterocycles. The molecule has 0 spiro atoms. The first-order valence-electron chi connectivity index (χ1n) is 8.38. The minimum absolute atomic E-state index is 0.0104. The van der Waals surface area contributed by atoms with Crippen molar-refractivity contribution in [3.63, 3.8) is 0 Å². The van der Waals surface area contributed by atoms with Gasteiger partial charge in [0.05, 0.1) is 21.3 Å². The van der Waals surface area contributed by atoms with E-state index >= 15 is 0 Å². The smallest absolute Gasteiger partial charge is 0.271 e. The van der Waals surface area contributed by atoms with Crippen LogP contribution in [0.3, 0.4) is 0 Å². The van der Waals surface area contributed by atoms with E-state index in [9.17, 15) is 14.9 Å². The summed E-state index contributed by atoms with van der Waals surface area (Å²) in [6.07, 6.45) is 1.73. The third-order valence-electron chi connectivity index (χ3n) is 4.60. The Labute approximate surface area is 163 Å². The standard InChI is InChI=1S/C17H16ClN5O3S/c18-14-10-13(23(25)26)1-2-15(14)21-5-3-20(4-6-21)11-12-9-16(24)22-7-8-27-17(22)19-12/h1-2,7-10H,3-6,11H2. The number of piperazine rings is 1. The van der Waals surface area contributed by atoms with Crippen LogP contribution in [0.5, 0.6) is 0 Å². The van der Waals surface area contributed by atoms with Crippen LogP contribution in [0.2, 0.25) is 5.02 Å². The second-order valence-electron chi connectivity index (χ2n) is 6.30. The average molecular weight is 406 g/mol. The Morgan fingerprint density at radius 2 is 2.00 bits per heavy atom. The number of nitrogens with zero attached hydrogens (tertiary/aromatic N) is 5. The van der Waals surface area contributed by atoms with E-state index in [1.807, 2.05) is 5.38 Å². The lowest BCUT2D eigenvalue weighted by molar-refractivity contribution is -0.384. The zero-order valence-corrected chi connectivity index (χ0v) is 15.8. The van der Waals surface area contributed by atoms with Crippen molar-refractivity contribution in [1.29, 1.82) is 0 Å².